The van der Waals surface area contributed by atoms with Gasteiger partial charge in [0, 0.05) is 7.05 Å². The SMILES string of the molecule is C=CC1OC(NC)=C(c2ccc(OC)c(Cl)c2)C1=O. The van der Waals surface area contributed by atoms with Crippen molar-refractivity contribution >= 4 is 23.0 Å². The van der Waals surface area contributed by atoms with Gasteiger partial charge in [-0.2, -0.15) is 0 Å². The van der Waals surface area contributed by atoms with E-state index < -0.39 is 6.10 Å². The second-order valence-electron chi connectivity index (χ2n) is 3.94. The van der Waals surface area contributed by atoms with Crippen LogP contribution < -0.4 is 10.1 Å². The highest BCUT2D eigenvalue weighted by Gasteiger charge is 2.33. The molecule has 0 saturated carbocycles. The van der Waals surface area contributed by atoms with Crippen LogP contribution in [-0.4, -0.2) is 26.0 Å². The summed E-state index contributed by atoms with van der Waals surface area (Å²) in [5, 5.41) is 3.31. The van der Waals surface area contributed by atoms with Gasteiger partial charge in [0.05, 0.1) is 17.7 Å². The first-order valence-electron chi connectivity index (χ1n) is 5.71. The number of hydrogen-bond donors (Lipinski definition) is 1. The third-order valence-electron chi connectivity index (χ3n) is 2.86. The van der Waals surface area contributed by atoms with E-state index in [2.05, 4.69) is 11.9 Å². The van der Waals surface area contributed by atoms with Crippen molar-refractivity contribution in [1.29, 1.82) is 0 Å². The number of nitrogens with one attached hydrogen (secondary N) is 1. The van der Waals surface area contributed by atoms with E-state index in [9.17, 15) is 4.79 Å². The van der Waals surface area contributed by atoms with E-state index in [1.165, 1.54) is 13.2 Å². The molecule has 100 valence electrons. The number of benzene rings is 1. The van der Waals surface area contributed by atoms with Crippen LogP contribution in [0.25, 0.3) is 5.57 Å². The average molecular weight is 280 g/mol. The van der Waals surface area contributed by atoms with E-state index in [-0.39, 0.29) is 5.78 Å². The number of carbonyl (C=O) groups is 1. The van der Waals surface area contributed by atoms with Crippen molar-refractivity contribution in [1.82, 2.24) is 5.32 Å². The fourth-order valence-corrected chi connectivity index (χ4v) is 2.19. The Bertz CT molecular complexity index is 566. The summed E-state index contributed by atoms with van der Waals surface area (Å²) in [5.41, 5.74) is 1.15. The van der Waals surface area contributed by atoms with Crippen LogP contribution in [0.1, 0.15) is 5.56 Å². The van der Waals surface area contributed by atoms with E-state index in [4.69, 9.17) is 21.1 Å². The highest BCUT2D eigenvalue weighted by molar-refractivity contribution is 6.33. The standard InChI is InChI=1S/C14H14ClNO3/c1-4-10-13(17)12(14(16-2)19-10)8-5-6-11(18-3)9(15)7-8/h4-7,10,16H,1H2,2-3H3. The lowest BCUT2D eigenvalue weighted by Crippen LogP contribution is -2.15. The molecule has 0 saturated heterocycles. The molecule has 1 N–H and O–H groups in total. The molecule has 0 bridgehead atoms. The van der Waals surface area contributed by atoms with Crippen LogP contribution in [0.3, 0.4) is 0 Å². The van der Waals surface area contributed by atoms with Gasteiger partial charge >= 0.3 is 0 Å². The van der Waals surface area contributed by atoms with Gasteiger partial charge in [0.15, 0.2) is 12.0 Å². The van der Waals surface area contributed by atoms with E-state index in [0.29, 0.717) is 27.8 Å². The molecular weight excluding hydrogens is 266 g/mol. The van der Waals surface area contributed by atoms with Crippen LogP contribution in [0.5, 0.6) is 5.75 Å². The van der Waals surface area contributed by atoms with Crippen molar-refractivity contribution < 1.29 is 14.3 Å². The minimum absolute atomic E-state index is 0.138. The Morgan fingerprint density at radius 1 is 1.53 bits per heavy atom. The molecule has 1 aliphatic rings. The third kappa shape index (κ3) is 2.31. The lowest BCUT2D eigenvalue weighted by molar-refractivity contribution is -0.118. The maximum absolute atomic E-state index is 12.2. The number of ketones is 1. The quantitative estimate of drug-likeness (QED) is 0.860. The Morgan fingerprint density at radius 2 is 2.26 bits per heavy atom. The highest BCUT2D eigenvalue weighted by atomic mass is 35.5. The molecule has 1 aliphatic heterocycles. The number of ether oxygens (including phenoxy) is 2. The van der Waals surface area contributed by atoms with Crippen molar-refractivity contribution in [3.63, 3.8) is 0 Å². The topological polar surface area (TPSA) is 47.6 Å². The Morgan fingerprint density at radius 3 is 2.79 bits per heavy atom. The van der Waals surface area contributed by atoms with E-state index in [0.717, 1.165) is 0 Å². The second kappa shape index (κ2) is 5.36. The van der Waals surface area contributed by atoms with Crippen molar-refractivity contribution in [2.45, 2.75) is 6.10 Å². The zero-order chi connectivity index (χ0) is 14.0. The molecule has 0 fully saturated rings. The first-order chi connectivity index (χ1) is 9.12. The predicted molar refractivity (Wildman–Crippen MR) is 74.1 cm³/mol. The number of rotatable bonds is 4. The van der Waals surface area contributed by atoms with Crippen molar-refractivity contribution in [3.05, 3.63) is 47.3 Å². The minimum atomic E-state index is -0.654. The Balaban J connectivity index is 2.47. The van der Waals surface area contributed by atoms with E-state index in [1.807, 2.05) is 0 Å². The van der Waals surface area contributed by atoms with Gasteiger partial charge in [-0.05, 0) is 23.8 Å². The van der Waals surface area contributed by atoms with Crippen LogP contribution in [-0.2, 0) is 9.53 Å². The molecule has 0 aromatic heterocycles. The molecule has 0 radical (unpaired) electrons. The van der Waals surface area contributed by atoms with Gasteiger partial charge in [-0.25, -0.2) is 0 Å². The van der Waals surface area contributed by atoms with Gasteiger partial charge in [0.2, 0.25) is 5.78 Å². The van der Waals surface area contributed by atoms with Gasteiger partial charge in [-0.1, -0.05) is 24.2 Å². The molecule has 4 nitrogen and oxygen atoms in total. The molecule has 2 rings (SSSR count). The Hall–Kier alpha value is -1.94. The van der Waals surface area contributed by atoms with Crippen molar-refractivity contribution in [2.75, 3.05) is 14.2 Å². The summed E-state index contributed by atoms with van der Waals surface area (Å²) >= 11 is 6.08. The minimum Gasteiger partial charge on any atom is -0.495 e. The van der Waals surface area contributed by atoms with Gasteiger partial charge in [-0.3, -0.25) is 4.79 Å². The summed E-state index contributed by atoms with van der Waals surface area (Å²) in [6.45, 7) is 3.59. The summed E-state index contributed by atoms with van der Waals surface area (Å²) < 4.78 is 10.6. The summed E-state index contributed by atoms with van der Waals surface area (Å²) in [6, 6.07) is 5.16. The third-order valence-corrected chi connectivity index (χ3v) is 3.15. The Kier molecular flexibility index (Phi) is 3.81. The largest absolute Gasteiger partial charge is 0.495 e. The number of Topliss-reactive ketones (excluding diaryl/α,β-unsaturated/α-hetero) is 1. The number of methoxy groups -OCH3 is 1. The molecule has 1 unspecified atom stereocenters. The van der Waals surface area contributed by atoms with Crippen LogP contribution in [0.4, 0.5) is 0 Å². The van der Waals surface area contributed by atoms with Crippen molar-refractivity contribution in [2.24, 2.45) is 0 Å². The second-order valence-corrected chi connectivity index (χ2v) is 4.35. The lowest BCUT2D eigenvalue weighted by Gasteiger charge is -2.07. The lowest BCUT2D eigenvalue weighted by atomic mass is 10.0. The maximum Gasteiger partial charge on any atom is 0.213 e. The summed E-state index contributed by atoms with van der Waals surface area (Å²) in [6.07, 6.45) is 0.816. The molecule has 0 spiro atoms. The monoisotopic (exact) mass is 279 g/mol. The van der Waals surface area contributed by atoms with E-state index in [1.54, 1.807) is 25.2 Å². The Labute approximate surface area is 116 Å². The summed E-state index contributed by atoms with van der Waals surface area (Å²) in [5.74, 6) is 0.848. The van der Waals surface area contributed by atoms with E-state index >= 15 is 0 Å². The molecule has 19 heavy (non-hydrogen) atoms. The van der Waals surface area contributed by atoms with Crippen LogP contribution in [0, 0.1) is 0 Å². The molecule has 0 aliphatic carbocycles. The zero-order valence-electron chi connectivity index (χ0n) is 10.7. The van der Waals surface area contributed by atoms with Gasteiger partial charge in [0.1, 0.15) is 5.75 Å². The highest BCUT2D eigenvalue weighted by Crippen LogP contribution is 2.33. The maximum atomic E-state index is 12.2. The van der Waals surface area contributed by atoms with Crippen LogP contribution in [0.15, 0.2) is 36.7 Å². The average Bonchev–Trinajstić information content (AvgIpc) is 2.74. The molecule has 1 aromatic rings. The molecule has 1 atom stereocenters. The van der Waals surface area contributed by atoms with Gasteiger partial charge in [-0.15, -0.1) is 0 Å². The molecule has 0 amide bonds. The van der Waals surface area contributed by atoms with Crippen LogP contribution >= 0.6 is 11.6 Å². The first-order valence-corrected chi connectivity index (χ1v) is 6.09. The van der Waals surface area contributed by atoms with Gasteiger partial charge in [0.25, 0.3) is 0 Å². The summed E-state index contributed by atoms with van der Waals surface area (Å²) in [4.78, 5) is 12.2. The number of hydrogen-bond acceptors (Lipinski definition) is 4. The molecule has 1 heterocycles. The molecule has 5 heteroatoms. The smallest absolute Gasteiger partial charge is 0.213 e. The van der Waals surface area contributed by atoms with Crippen molar-refractivity contribution in [3.8, 4) is 5.75 Å². The number of halogens is 1. The predicted octanol–water partition coefficient (Wildman–Crippen LogP) is 2.39. The van der Waals surface area contributed by atoms with Gasteiger partial charge < -0.3 is 14.8 Å². The fraction of sp³-hybridized carbons (Fsp3) is 0.214. The normalized spacial score (nSPS) is 18.3. The zero-order valence-corrected chi connectivity index (χ0v) is 11.5. The first kappa shape index (κ1) is 13.5. The van der Waals surface area contributed by atoms with Crippen LogP contribution in [0.2, 0.25) is 5.02 Å². The summed E-state index contributed by atoms with van der Waals surface area (Å²) in [7, 11) is 3.23. The number of carbonyl (C=O) groups excluding carboxylic acids is 1. The fourth-order valence-electron chi connectivity index (χ4n) is 1.93. The molecular formula is C14H14ClNO3. The molecule has 1 aromatic carbocycles.